The summed E-state index contributed by atoms with van der Waals surface area (Å²) >= 11 is 0. The maximum absolute atomic E-state index is 12.5. The number of alkyl halides is 5. The van der Waals surface area contributed by atoms with Crippen molar-refractivity contribution in [2.75, 3.05) is 5.73 Å². The Bertz CT molecular complexity index is 480. The molecule has 18 heavy (non-hydrogen) atoms. The average molecular weight is 267 g/mol. The number of hydrogen-bond donors (Lipinski definition) is 1. The molecule has 2 N–H and O–H groups in total. The molecule has 9 heteroatoms. The highest BCUT2D eigenvalue weighted by Gasteiger charge is 2.34. The second-order valence-electron chi connectivity index (χ2n) is 3.10. The monoisotopic (exact) mass is 267 g/mol. The van der Waals surface area contributed by atoms with Crippen LogP contribution in [-0.2, 0) is 6.42 Å². The Morgan fingerprint density at radius 1 is 1.44 bits per heavy atom. The zero-order chi connectivity index (χ0) is 13.9. The Hall–Kier alpha value is -2.11. The van der Waals surface area contributed by atoms with Gasteiger partial charge in [0.25, 0.3) is 6.43 Å². The first-order valence-corrected chi connectivity index (χ1v) is 4.44. The van der Waals surface area contributed by atoms with E-state index in [1.54, 1.807) is 6.07 Å². The summed E-state index contributed by atoms with van der Waals surface area (Å²) < 4.78 is 64.4. The maximum Gasteiger partial charge on any atom is 0.573 e. The lowest BCUT2D eigenvalue weighted by Gasteiger charge is -2.14. The number of hydrogen-bond acceptors (Lipinski definition) is 4. The van der Waals surface area contributed by atoms with E-state index >= 15 is 0 Å². The quantitative estimate of drug-likeness (QED) is 0.854. The third-order valence-electron chi connectivity index (χ3n) is 1.83. The van der Waals surface area contributed by atoms with Crippen molar-refractivity contribution in [3.05, 3.63) is 17.3 Å². The molecule has 0 amide bonds. The Morgan fingerprint density at radius 3 is 2.50 bits per heavy atom. The molecule has 0 saturated carbocycles. The zero-order valence-corrected chi connectivity index (χ0v) is 8.63. The topological polar surface area (TPSA) is 71.9 Å². The number of nitriles is 1. The predicted octanol–water partition coefficient (Wildman–Crippen LogP) is 2.57. The zero-order valence-electron chi connectivity index (χ0n) is 8.63. The van der Waals surface area contributed by atoms with Crippen LogP contribution in [0.2, 0.25) is 0 Å². The second kappa shape index (κ2) is 5.03. The lowest BCUT2D eigenvalue weighted by Crippen LogP contribution is -2.19. The molecule has 0 fully saturated rings. The van der Waals surface area contributed by atoms with Gasteiger partial charge < -0.3 is 10.5 Å². The van der Waals surface area contributed by atoms with E-state index in [-0.39, 0.29) is 12.0 Å². The largest absolute Gasteiger partial charge is 0.573 e. The lowest BCUT2D eigenvalue weighted by atomic mass is 10.1. The van der Waals surface area contributed by atoms with Gasteiger partial charge in [0.15, 0.2) is 11.4 Å². The van der Waals surface area contributed by atoms with Gasteiger partial charge in [0.05, 0.1) is 12.5 Å². The van der Waals surface area contributed by atoms with Crippen LogP contribution in [0.4, 0.5) is 27.8 Å². The van der Waals surface area contributed by atoms with Crippen molar-refractivity contribution >= 4 is 5.82 Å². The maximum atomic E-state index is 12.5. The number of ether oxygens (including phenoxy) is 1. The van der Waals surface area contributed by atoms with Gasteiger partial charge in [-0.05, 0) is 6.07 Å². The highest BCUT2D eigenvalue weighted by atomic mass is 19.4. The second-order valence-corrected chi connectivity index (χ2v) is 3.10. The molecule has 1 aromatic rings. The summed E-state index contributed by atoms with van der Waals surface area (Å²) in [4.78, 5) is 3.13. The first-order valence-electron chi connectivity index (χ1n) is 4.44. The molecule has 0 spiro atoms. The minimum Gasteiger partial charge on any atom is -0.404 e. The van der Waals surface area contributed by atoms with E-state index in [9.17, 15) is 22.0 Å². The molecule has 0 atom stereocenters. The van der Waals surface area contributed by atoms with Crippen LogP contribution < -0.4 is 10.5 Å². The van der Waals surface area contributed by atoms with Gasteiger partial charge in [-0.25, -0.2) is 13.8 Å². The number of anilines is 1. The van der Waals surface area contributed by atoms with Crippen molar-refractivity contribution < 1.29 is 26.7 Å². The first-order chi connectivity index (χ1) is 8.24. The van der Waals surface area contributed by atoms with Gasteiger partial charge in [0.1, 0.15) is 5.82 Å². The van der Waals surface area contributed by atoms with Crippen LogP contribution >= 0.6 is 0 Å². The van der Waals surface area contributed by atoms with E-state index < -0.39 is 30.0 Å². The predicted molar refractivity (Wildman–Crippen MR) is 49.6 cm³/mol. The number of rotatable bonds is 3. The van der Waals surface area contributed by atoms with E-state index in [1.807, 2.05) is 0 Å². The van der Waals surface area contributed by atoms with Crippen molar-refractivity contribution in [1.82, 2.24) is 4.98 Å². The molecule has 0 aliphatic rings. The molecule has 0 aromatic carbocycles. The van der Waals surface area contributed by atoms with Crippen molar-refractivity contribution in [3.8, 4) is 11.8 Å². The SMILES string of the molecule is N#CCc1cc(OC(F)(F)F)c(C(F)F)nc1N. The fraction of sp³-hybridized carbons (Fsp3) is 0.333. The first kappa shape index (κ1) is 14.0. The van der Waals surface area contributed by atoms with Gasteiger partial charge in [-0.1, -0.05) is 0 Å². The van der Waals surface area contributed by atoms with Crippen LogP contribution in [0.25, 0.3) is 0 Å². The average Bonchev–Trinajstić information content (AvgIpc) is 2.20. The molecule has 0 bridgehead atoms. The summed E-state index contributed by atoms with van der Waals surface area (Å²) in [7, 11) is 0. The molecule has 0 saturated heterocycles. The summed E-state index contributed by atoms with van der Waals surface area (Å²) in [5.74, 6) is -1.58. The van der Waals surface area contributed by atoms with Gasteiger partial charge in [0, 0.05) is 5.56 Å². The van der Waals surface area contributed by atoms with Gasteiger partial charge in [-0.2, -0.15) is 5.26 Å². The van der Waals surface area contributed by atoms with E-state index in [2.05, 4.69) is 9.72 Å². The van der Waals surface area contributed by atoms with Gasteiger partial charge >= 0.3 is 6.36 Å². The van der Waals surface area contributed by atoms with Gasteiger partial charge in [-0.15, -0.1) is 13.2 Å². The minimum atomic E-state index is -5.13. The van der Waals surface area contributed by atoms with E-state index in [0.717, 1.165) is 0 Å². The normalized spacial score (nSPS) is 11.4. The summed E-state index contributed by atoms with van der Waals surface area (Å²) in [6.07, 6.45) is -8.78. The number of nitrogens with zero attached hydrogens (tertiary/aromatic N) is 2. The van der Waals surface area contributed by atoms with Crippen LogP contribution in [-0.4, -0.2) is 11.3 Å². The van der Waals surface area contributed by atoms with Gasteiger partial charge in [0.2, 0.25) is 0 Å². The molecule has 0 aliphatic heterocycles. The Balaban J connectivity index is 3.27. The molecule has 98 valence electrons. The summed E-state index contributed by atoms with van der Waals surface area (Å²) in [5.41, 5.74) is 3.92. The summed E-state index contributed by atoms with van der Waals surface area (Å²) in [6.45, 7) is 0. The van der Waals surface area contributed by atoms with Crippen LogP contribution in [0, 0.1) is 11.3 Å². The number of aromatic nitrogens is 1. The standard InChI is InChI=1S/C9H6F5N3O/c10-7(11)6-5(18-9(12,13)14)3-4(1-2-15)8(16)17-6/h3,7H,1H2,(H2,16,17). The number of nitrogen functional groups attached to an aromatic ring is 1. The van der Waals surface area contributed by atoms with Crippen molar-refractivity contribution in [1.29, 1.82) is 5.26 Å². The highest BCUT2D eigenvalue weighted by molar-refractivity contribution is 5.48. The minimum absolute atomic E-state index is 0.110. The number of pyridine rings is 1. The molecule has 0 radical (unpaired) electrons. The van der Waals surface area contributed by atoms with E-state index in [1.165, 1.54) is 0 Å². The Morgan fingerprint density at radius 2 is 2.06 bits per heavy atom. The molecular formula is C9H6F5N3O. The fourth-order valence-electron chi connectivity index (χ4n) is 1.15. The van der Waals surface area contributed by atoms with Crippen LogP contribution in [0.5, 0.6) is 5.75 Å². The molecule has 0 aliphatic carbocycles. The smallest absolute Gasteiger partial charge is 0.404 e. The highest BCUT2D eigenvalue weighted by Crippen LogP contribution is 2.33. The van der Waals surface area contributed by atoms with E-state index in [0.29, 0.717) is 6.07 Å². The van der Waals surface area contributed by atoms with Crippen molar-refractivity contribution in [2.24, 2.45) is 0 Å². The molecule has 4 nitrogen and oxygen atoms in total. The number of halogens is 5. The van der Waals surface area contributed by atoms with Gasteiger partial charge in [-0.3, -0.25) is 0 Å². The van der Waals surface area contributed by atoms with E-state index in [4.69, 9.17) is 11.0 Å². The van der Waals surface area contributed by atoms with Crippen LogP contribution in [0.15, 0.2) is 6.07 Å². The molecule has 1 aromatic heterocycles. The lowest BCUT2D eigenvalue weighted by molar-refractivity contribution is -0.275. The van der Waals surface area contributed by atoms with Crippen molar-refractivity contribution in [2.45, 2.75) is 19.2 Å². The Labute approximate surface area is 97.8 Å². The third-order valence-corrected chi connectivity index (χ3v) is 1.83. The molecule has 1 rings (SSSR count). The number of nitrogens with two attached hydrogens (primary N) is 1. The third kappa shape index (κ3) is 3.44. The van der Waals surface area contributed by atoms with Crippen LogP contribution in [0.3, 0.4) is 0 Å². The van der Waals surface area contributed by atoms with Crippen molar-refractivity contribution in [3.63, 3.8) is 0 Å². The Kier molecular flexibility index (Phi) is 3.90. The fourth-order valence-corrected chi connectivity index (χ4v) is 1.15. The molecular weight excluding hydrogens is 261 g/mol. The molecule has 1 heterocycles. The summed E-state index contributed by atoms with van der Waals surface area (Å²) in [5, 5.41) is 8.40. The summed E-state index contributed by atoms with van der Waals surface area (Å²) in [6, 6.07) is 2.26. The molecule has 0 unspecified atom stereocenters. The van der Waals surface area contributed by atoms with Crippen LogP contribution in [0.1, 0.15) is 17.7 Å².